The number of rotatable bonds is 3. The smallest absolute Gasteiger partial charge is 0.285 e. The Hall–Kier alpha value is -0.800. The molecule has 0 aliphatic heterocycles. The van der Waals surface area contributed by atoms with Gasteiger partial charge >= 0.3 is 6.18 Å². The largest absolute Gasteiger partial charge is 0.454 e. The fourth-order valence-electron chi connectivity index (χ4n) is 1.64. The molecule has 2 saturated carbocycles. The van der Waals surface area contributed by atoms with Crippen LogP contribution in [0, 0.1) is 11.8 Å². The number of ketones is 1. The molecule has 0 amide bonds. The minimum absolute atomic E-state index is 0.272. The van der Waals surface area contributed by atoms with Crippen molar-refractivity contribution in [2.45, 2.75) is 31.9 Å². The van der Waals surface area contributed by atoms with E-state index in [9.17, 15) is 18.0 Å². The molecule has 0 radical (unpaired) electrons. The molecule has 0 aromatic rings. The van der Waals surface area contributed by atoms with E-state index in [-0.39, 0.29) is 11.8 Å². The van der Waals surface area contributed by atoms with Gasteiger partial charge in [-0.15, -0.1) is 0 Å². The maximum atomic E-state index is 12.0. The maximum Gasteiger partial charge on any atom is 0.454 e. The van der Waals surface area contributed by atoms with Crippen molar-refractivity contribution >= 4 is 5.78 Å². The van der Waals surface area contributed by atoms with Crippen molar-refractivity contribution in [1.29, 1.82) is 0 Å². The van der Waals surface area contributed by atoms with Gasteiger partial charge in [-0.25, -0.2) is 0 Å². The zero-order valence-corrected chi connectivity index (χ0v) is 7.60. The van der Waals surface area contributed by atoms with Gasteiger partial charge in [0, 0.05) is 0 Å². The second-order valence-corrected chi connectivity index (χ2v) is 4.05. The minimum atomic E-state index is -4.70. The van der Waals surface area contributed by atoms with Crippen LogP contribution in [-0.2, 0) is 4.79 Å². The van der Waals surface area contributed by atoms with Crippen LogP contribution >= 0.6 is 0 Å². The van der Waals surface area contributed by atoms with Crippen LogP contribution in [0.4, 0.5) is 13.2 Å². The molecule has 2 aliphatic carbocycles. The van der Waals surface area contributed by atoms with Crippen LogP contribution in [0.3, 0.4) is 0 Å². The zero-order valence-electron chi connectivity index (χ0n) is 7.60. The fraction of sp³-hybridized carbons (Fsp3) is 0.700. The highest BCUT2D eigenvalue weighted by atomic mass is 19.4. The monoisotopic (exact) mass is 204 g/mol. The van der Waals surface area contributed by atoms with Crippen molar-refractivity contribution in [3.8, 4) is 0 Å². The molecular formula is C10H11F3O. The van der Waals surface area contributed by atoms with Gasteiger partial charge in [0.2, 0.25) is 0 Å². The van der Waals surface area contributed by atoms with E-state index in [1.165, 1.54) is 0 Å². The Labute approximate surface area is 80.0 Å². The predicted molar refractivity (Wildman–Crippen MR) is 44.6 cm³/mol. The Bertz CT molecular complexity index is 268. The zero-order chi connectivity index (χ0) is 10.3. The van der Waals surface area contributed by atoms with Gasteiger partial charge in [0.15, 0.2) is 0 Å². The van der Waals surface area contributed by atoms with E-state index >= 15 is 0 Å². The number of carbonyl (C=O) groups is 1. The first-order valence-electron chi connectivity index (χ1n) is 4.81. The van der Waals surface area contributed by atoms with Gasteiger partial charge in [-0.1, -0.05) is 5.57 Å². The molecule has 0 atom stereocenters. The van der Waals surface area contributed by atoms with Crippen LogP contribution in [0.2, 0.25) is 0 Å². The lowest BCUT2D eigenvalue weighted by molar-refractivity contribution is -0.165. The summed E-state index contributed by atoms with van der Waals surface area (Å²) in [4.78, 5) is 10.7. The molecule has 0 unspecified atom stereocenters. The number of hydrogen-bond acceptors (Lipinski definition) is 1. The van der Waals surface area contributed by atoms with E-state index in [0.29, 0.717) is 0 Å². The molecule has 2 fully saturated rings. The molecule has 78 valence electrons. The Balaban J connectivity index is 2.09. The molecule has 2 aliphatic rings. The lowest BCUT2D eigenvalue weighted by Gasteiger charge is -2.05. The summed E-state index contributed by atoms with van der Waals surface area (Å²) in [6, 6.07) is 0. The predicted octanol–water partition coefficient (Wildman–Crippen LogP) is 2.86. The Morgan fingerprint density at radius 3 is 1.79 bits per heavy atom. The molecule has 0 heterocycles. The van der Waals surface area contributed by atoms with E-state index in [0.717, 1.165) is 37.3 Å². The summed E-state index contributed by atoms with van der Waals surface area (Å²) in [7, 11) is 0. The van der Waals surface area contributed by atoms with E-state index in [4.69, 9.17) is 0 Å². The summed E-state index contributed by atoms with van der Waals surface area (Å²) in [5.74, 6) is -1.14. The van der Waals surface area contributed by atoms with Crippen LogP contribution < -0.4 is 0 Å². The summed E-state index contributed by atoms with van der Waals surface area (Å²) in [6.45, 7) is 0. The second-order valence-electron chi connectivity index (χ2n) is 4.05. The molecule has 1 nitrogen and oxygen atoms in total. The van der Waals surface area contributed by atoms with E-state index in [2.05, 4.69) is 0 Å². The topological polar surface area (TPSA) is 17.1 Å². The summed E-state index contributed by atoms with van der Waals surface area (Å²) in [5.41, 5.74) is 0.757. The number of hydrogen-bond donors (Lipinski definition) is 0. The average Bonchev–Trinajstić information content (AvgIpc) is 2.90. The lowest BCUT2D eigenvalue weighted by Crippen LogP contribution is -2.21. The third-order valence-electron chi connectivity index (χ3n) is 2.67. The minimum Gasteiger partial charge on any atom is -0.285 e. The summed E-state index contributed by atoms with van der Waals surface area (Å²) in [6.07, 6.45) is -0.0494. The third kappa shape index (κ3) is 2.16. The van der Waals surface area contributed by atoms with Gasteiger partial charge in [0.05, 0.1) is 0 Å². The Morgan fingerprint density at radius 1 is 1.07 bits per heavy atom. The van der Waals surface area contributed by atoms with Crippen LogP contribution in [-0.4, -0.2) is 12.0 Å². The summed E-state index contributed by atoms with van der Waals surface area (Å²) < 4.78 is 35.9. The molecule has 0 bridgehead atoms. The van der Waals surface area contributed by atoms with Gasteiger partial charge < -0.3 is 0 Å². The molecule has 2 rings (SSSR count). The van der Waals surface area contributed by atoms with Crippen LogP contribution in [0.1, 0.15) is 25.7 Å². The van der Waals surface area contributed by atoms with Crippen molar-refractivity contribution in [2.75, 3.05) is 0 Å². The van der Waals surface area contributed by atoms with Gasteiger partial charge in [-0.2, -0.15) is 13.2 Å². The number of alkyl halides is 3. The van der Waals surface area contributed by atoms with E-state index < -0.39 is 12.0 Å². The second kappa shape index (κ2) is 3.11. The van der Waals surface area contributed by atoms with Gasteiger partial charge in [0.1, 0.15) is 0 Å². The fourth-order valence-corrected chi connectivity index (χ4v) is 1.64. The Kier molecular flexibility index (Phi) is 2.16. The Morgan fingerprint density at radius 2 is 1.50 bits per heavy atom. The normalized spacial score (nSPS) is 21.9. The standard InChI is InChI=1S/C10H11F3O/c11-10(12,13)9(14)5-8(6-1-2-6)7-3-4-7/h5-7H,1-4H2. The first-order chi connectivity index (χ1) is 6.48. The van der Waals surface area contributed by atoms with Crippen LogP contribution in [0.15, 0.2) is 11.6 Å². The maximum absolute atomic E-state index is 12.0. The van der Waals surface area contributed by atoms with E-state index in [1.807, 2.05) is 0 Å². The molecule has 14 heavy (non-hydrogen) atoms. The summed E-state index contributed by atoms with van der Waals surface area (Å²) >= 11 is 0. The highest BCUT2D eigenvalue weighted by Crippen LogP contribution is 2.48. The van der Waals surface area contributed by atoms with Crippen molar-refractivity contribution < 1.29 is 18.0 Å². The van der Waals surface area contributed by atoms with Gasteiger partial charge in [0.25, 0.3) is 5.78 Å². The number of carbonyl (C=O) groups excluding carboxylic acids is 1. The quantitative estimate of drug-likeness (QED) is 0.646. The first kappa shape index (κ1) is 9.74. The van der Waals surface area contributed by atoms with Crippen molar-refractivity contribution in [3.05, 3.63) is 11.6 Å². The first-order valence-corrected chi connectivity index (χ1v) is 4.81. The molecule has 0 aromatic heterocycles. The van der Waals surface area contributed by atoms with Crippen molar-refractivity contribution in [2.24, 2.45) is 11.8 Å². The third-order valence-corrected chi connectivity index (χ3v) is 2.67. The van der Waals surface area contributed by atoms with Gasteiger partial charge in [-0.3, -0.25) is 4.79 Å². The molecular weight excluding hydrogens is 193 g/mol. The van der Waals surface area contributed by atoms with E-state index in [1.54, 1.807) is 0 Å². The average molecular weight is 204 g/mol. The highest BCUT2D eigenvalue weighted by molar-refractivity contribution is 5.95. The lowest BCUT2D eigenvalue weighted by atomic mass is 10.0. The van der Waals surface area contributed by atoms with Crippen LogP contribution in [0.5, 0.6) is 0 Å². The number of halogens is 3. The molecule has 0 spiro atoms. The van der Waals surface area contributed by atoms with Gasteiger partial charge in [-0.05, 0) is 43.6 Å². The molecule has 0 N–H and O–H groups in total. The highest BCUT2D eigenvalue weighted by Gasteiger charge is 2.41. The number of allylic oxidation sites excluding steroid dienone is 2. The van der Waals surface area contributed by atoms with Crippen molar-refractivity contribution in [3.63, 3.8) is 0 Å². The molecule has 4 heteroatoms. The van der Waals surface area contributed by atoms with Crippen LogP contribution in [0.25, 0.3) is 0 Å². The molecule has 0 aromatic carbocycles. The molecule has 0 saturated heterocycles. The summed E-state index contributed by atoms with van der Waals surface area (Å²) in [5, 5.41) is 0. The van der Waals surface area contributed by atoms with Crippen molar-refractivity contribution in [1.82, 2.24) is 0 Å². The SMILES string of the molecule is O=C(C=C(C1CC1)C1CC1)C(F)(F)F.